The molecule has 2 heterocycles. The van der Waals surface area contributed by atoms with E-state index in [1.807, 2.05) is 48.5 Å². The quantitative estimate of drug-likeness (QED) is 0.287. The fraction of sp³-hybridized carbons (Fsp3) is 0.233. The third-order valence-electron chi connectivity index (χ3n) is 6.85. The summed E-state index contributed by atoms with van der Waals surface area (Å²) in [5.74, 6) is 0.512. The number of urea groups is 1. The van der Waals surface area contributed by atoms with Gasteiger partial charge in [0.2, 0.25) is 12.4 Å². The van der Waals surface area contributed by atoms with Gasteiger partial charge in [0, 0.05) is 18.7 Å². The molecule has 43 heavy (non-hydrogen) atoms. The number of hydrogen-bond donors (Lipinski definition) is 2. The van der Waals surface area contributed by atoms with Gasteiger partial charge < -0.3 is 10.1 Å². The van der Waals surface area contributed by atoms with E-state index in [-0.39, 0.29) is 17.6 Å². The summed E-state index contributed by atoms with van der Waals surface area (Å²) in [6.07, 6.45) is -1.30. The molecule has 10 nitrogen and oxygen atoms in total. The van der Waals surface area contributed by atoms with Gasteiger partial charge in [-0.1, -0.05) is 49.4 Å². The van der Waals surface area contributed by atoms with Gasteiger partial charge in [0.05, 0.1) is 11.4 Å². The van der Waals surface area contributed by atoms with Crippen LogP contribution < -0.4 is 20.3 Å². The molecular formula is C30H28F3N7O3. The third-order valence-corrected chi connectivity index (χ3v) is 6.85. The van der Waals surface area contributed by atoms with Crippen LogP contribution >= 0.6 is 0 Å². The summed E-state index contributed by atoms with van der Waals surface area (Å²) in [6.45, 7) is 2.90. The molecular weight excluding hydrogens is 563 g/mol. The van der Waals surface area contributed by atoms with Gasteiger partial charge >= 0.3 is 12.4 Å². The summed E-state index contributed by atoms with van der Waals surface area (Å²) in [5, 5.41) is 9.92. The van der Waals surface area contributed by atoms with Crippen molar-refractivity contribution >= 4 is 24.1 Å². The minimum atomic E-state index is -4.76. The molecule has 0 bridgehead atoms. The lowest BCUT2D eigenvalue weighted by Gasteiger charge is -2.27. The first kappa shape index (κ1) is 29.3. The van der Waals surface area contributed by atoms with Crippen LogP contribution in [0.1, 0.15) is 30.4 Å². The van der Waals surface area contributed by atoms with E-state index >= 15 is 0 Å². The number of para-hydroxylation sites is 1. The maximum absolute atomic E-state index is 12.7. The van der Waals surface area contributed by atoms with Crippen molar-refractivity contribution < 1.29 is 27.5 Å². The molecule has 1 aliphatic rings. The molecule has 0 saturated carbocycles. The van der Waals surface area contributed by atoms with Crippen LogP contribution in [0.2, 0.25) is 0 Å². The van der Waals surface area contributed by atoms with Crippen LogP contribution in [0.5, 0.6) is 5.75 Å². The summed E-state index contributed by atoms with van der Waals surface area (Å²) in [5.41, 5.74) is 3.94. The SMILES string of the molecule is CC1CCN=C(NC(=O)NCCc2ccc(-c3ncn(-c4ccc(OC(F)(F)F)cc4)n3)cc2)N(C=O)c2ccccc21. The van der Waals surface area contributed by atoms with E-state index in [2.05, 4.69) is 37.4 Å². The number of nitrogens with zero attached hydrogens (tertiary/aromatic N) is 5. The number of carbonyl (C=O) groups excluding carboxylic acids is 2. The van der Waals surface area contributed by atoms with Crippen LogP contribution in [0.25, 0.3) is 17.1 Å². The molecule has 1 aliphatic heterocycles. The maximum atomic E-state index is 12.7. The number of aliphatic imine (C=N–C) groups is 1. The Kier molecular flexibility index (Phi) is 8.69. The number of guanidine groups is 1. The maximum Gasteiger partial charge on any atom is 0.573 e. The van der Waals surface area contributed by atoms with E-state index in [0.29, 0.717) is 43.1 Å². The molecule has 4 aromatic rings. The van der Waals surface area contributed by atoms with E-state index in [1.54, 1.807) is 0 Å². The zero-order valence-electron chi connectivity index (χ0n) is 23.1. The van der Waals surface area contributed by atoms with Gasteiger partial charge in [-0.3, -0.25) is 20.0 Å². The predicted octanol–water partition coefficient (Wildman–Crippen LogP) is 5.20. The van der Waals surface area contributed by atoms with Gasteiger partial charge in [-0.05, 0) is 60.2 Å². The molecule has 222 valence electrons. The Morgan fingerprint density at radius 2 is 1.81 bits per heavy atom. The molecule has 0 spiro atoms. The Balaban J connectivity index is 1.14. The minimum absolute atomic E-state index is 0.175. The molecule has 1 atom stereocenters. The van der Waals surface area contributed by atoms with Crippen LogP contribution in [0, 0.1) is 0 Å². The summed E-state index contributed by atoms with van der Waals surface area (Å²) in [4.78, 5) is 34.7. The Bertz CT molecular complexity index is 1600. The highest BCUT2D eigenvalue weighted by Crippen LogP contribution is 2.30. The number of anilines is 1. The van der Waals surface area contributed by atoms with Crippen LogP contribution in [-0.4, -0.2) is 52.6 Å². The smallest absolute Gasteiger partial charge is 0.406 e. The Morgan fingerprint density at radius 3 is 2.53 bits per heavy atom. The average molecular weight is 592 g/mol. The lowest BCUT2D eigenvalue weighted by Crippen LogP contribution is -2.49. The molecule has 0 saturated heterocycles. The highest BCUT2D eigenvalue weighted by molar-refractivity contribution is 6.14. The number of halogens is 3. The first-order valence-corrected chi connectivity index (χ1v) is 13.5. The number of ether oxygens (including phenoxy) is 1. The number of amides is 3. The fourth-order valence-corrected chi connectivity index (χ4v) is 4.65. The predicted molar refractivity (Wildman–Crippen MR) is 154 cm³/mol. The summed E-state index contributed by atoms with van der Waals surface area (Å²) >= 11 is 0. The van der Waals surface area contributed by atoms with Gasteiger partial charge in [-0.15, -0.1) is 18.3 Å². The van der Waals surface area contributed by atoms with Crippen molar-refractivity contribution in [3.8, 4) is 22.8 Å². The number of aromatic nitrogens is 3. The van der Waals surface area contributed by atoms with Crippen molar-refractivity contribution in [3.63, 3.8) is 0 Å². The highest BCUT2D eigenvalue weighted by Gasteiger charge is 2.31. The normalized spacial score (nSPS) is 15.0. The number of carbonyl (C=O) groups is 2. The van der Waals surface area contributed by atoms with Gasteiger partial charge in [0.15, 0.2) is 5.82 Å². The monoisotopic (exact) mass is 591 g/mol. The third kappa shape index (κ3) is 7.36. The van der Waals surface area contributed by atoms with Gasteiger partial charge in [0.1, 0.15) is 12.1 Å². The molecule has 0 radical (unpaired) electrons. The minimum Gasteiger partial charge on any atom is -0.406 e. The lowest BCUT2D eigenvalue weighted by atomic mass is 9.95. The number of fused-ring (bicyclic) bond motifs is 1. The van der Waals surface area contributed by atoms with E-state index in [1.165, 1.54) is 40.2 Å². The van der Waals surface area contributed by atoms with Crippen molar-refractivity contribution in [3.05, 3.63) is 90.3 Å². The standard InChI is InChI=1S/C30H28F3N7O3/c1-20-14-16-34-28(39(19-41)26-5-3-2-4-25(20)26)37-29(42)35-17-15-21-6-8-22(9-7-21)27-36-18-40(38-27)23-10-12-24(13-11-23)43-30(31,32)33/h2-13,18-20H,14-17H2,1H3,(H2,34,35,37,42). The zero-order chi connectivity index (χ0) is 30.4. The van der Waals surface area contributed by atoms with Crippen LogP contribution in [0.15, 0.2) is 84.1 Å². The van der Waals surface area contributed by atoms with E-state index in [9.17, 15) is 22.8 Å². The highest BCUT2D eigenvalue weighted by atomic mass is 19.4. The molecule has 0 fully saturated rings. The number of rotatable bonds is 7. The molecule has 1 unspecified atom stereocenters. The van der Waals surface area contributed by atoms with Crippen LogP contribution in [-0.2, 0) is 11.2 Å². The van der Waals surface area contributed by atoms with Gasteiger partial charge in [-0.2, -0.15) is 0 Å². The van der Waals surface area contributed by atoms with Crippen LogP contribution in [0.3, 0.4) is 0 Å². The van der Waals surface area contributed by atoms with Crippen molar-refractivity contribution in [2.24, 2.45) is 4.99 Å². The summed E-state index contributed by atoms with van der Waals surface area (Å²) in [6, 6.07) is 19.9. The second-order valence-electron chi connectivity index (χ2n) is 9.81. The lowest BCUT2D eigenvalue weighted by molar-refractivity contribution is -0.274. The molecule has 1 aromatic heterocycles. The molecule has 5 rings (SSSR count). The molecule has 2 N–H and O–H groups in total. The van der Waals surface area contributed by atoms with E-state index in [4.69, 9.17) is 0 Å². The largest absolute Gasteiger partial charge is 0.573 e. The topological polar surface area (TPSA) is 114 Å². The Labute approximate surface area is 245 Å². The molecule has 13 heteroatoms. The zero-order valence-corrected chi connectivity index (χ0v) is 23.1. The first-order valence-electron chi connectivity index (χ1n) is 13.5. The number of hydrogen-bond acceptors (Lipinski definition) is 6. The Morgan fingerprint density at radius 1 is 1.07 bits per heavy atom. The van der Waals surface area contributed by atoms with E-state index < -0.39 is 12.4 Å². The van der Waals surface area contributed by atoms with Crippen molar-refractivity contribution in [1.82, 2.24) is 25.4 Å². The molecule has 3 amide bonds. The number of alkyl halides is 3. The molecule has 3 aromatic carbocycles. The van der Waals surface area contributed by atoms with Crippen molar-refractivity contribution in [1.29, 1.82) is 0 Å². The van der Waals surface area contributed by atoms with Crippen LogP contribution in [0.4, 0.5) is 23.7 Å². The van der Waals surface area contributed by atoms with Crippen molar-refractivity contribution in [2.45, 2.75) is 32.0 Å². The van der Waals surface area contributed by atoms with E-state index in [0.717, 1.165) is 23.1 Å². The second-order valence-corrected chi connectivity index (χ2v) is 9.81. The number of benzene rings is 3. The number of nitrogens with one attached hydrogen (secondary N) is 2. The first-order chi connectivity index (χ1) is 20.7. The fourth-order valence-electron chi connectivity index (χ4n) is 4.65. The summed E-state index contributed by atoms with van der Waals surface area (Å²) < 4.78 is 42.5. The second kappa shape index (κ2) is 12.8. The Hall–Kier alpha value is -5.20. The molecule has 0 aliphatic carbocycles. The van der Waals surface area contributed by atoms with Gasteiger partial charge in [0.25, 0.3) is 0 Å². The van der Waals surface area contributed by atoms with Crippen molar-refractivity contribution in [2.75, 3.05) is 18.0 Å². The summed E-state index contributed by atoms with van der Waals surface area (Å²) in [7, 11) is 0. The van der Waals surface area contributed by atoms with Gasteiger partial charge in [-0.25, -0.2) is 14.5 Å². The average Bonchev–Trinajstić information content (AvgIpc) is 3.47.